The standard InChI is InChI=1S/C23H26N2O2/c1-4-15-24-23(26)19-16-21(18-11-7-6-8-12-18)25(17(19)3)20-13-9-10-14-22(20)27-5-2/h6-14,16H,4-5,15H2,1-3H3,(H,24,26). The highest BCUT2D eigenvalue weighted by Gasteiger charge is 2.21. The summed E-state index contributed by atoms with van der Waals surface area (Å²) in [5.74, 6) is 0.760. The molecule has 0 aliphatic heterocycles. The van der Waals surface area contributed by atoms with E-state index in [1.54, 1.807) is 0 Å². The van der Waals surface area contributed by atoms with Crippen LogP contribution in [0.4, 0.5) is 0 Å². The molecule has 27 heavy (non-hydrogen) atoms. The summed E-state index contributed by atoms with van der Waals surface area (Å²) < 4.78 is 7.96. The fraction of sp³-hybridized carbons (Fsp3) is 0.261. The lowest BCUT2D eigenvalue weighted by atomic mass is 10.1. The Morgan fingerprint density at radius 2 is 1.74 bits per heavy atom. The average Bonchev–Trinajstić information content (AvgIpc) is 3.04. The van der Waals surface area contributed by atoms with E-state index in [0.29, 0.717) is 18.7 Å². The summed E-state index contributed by atoms with van der Waals surface area (Å²) in [6.45, 7) is 7.25. The van der Waals surface area contributed by atoms with E-state index in [9.17, 15) is 4.79 Å². The zero-order valence-corrected chi connectivity index (χ0v) is 16.2. The van der Waals surface area contributed by atoms with Crippen molar-refractivity contribution in [2.75, 3.05) is 13.2 Å². The predicted molar refractivity (Wildman–Crippen MR) is 110 cm³/mol. The monoisotopic (exact) mass is 362 g/mol. The van der Waals surface area contributed by atoms with Gasteiger partial charge in [-0.1, -0.05) is 49.4 Å². The molecule has 2 aromatic carbocycles. The molecule has 1 aromatic heterocycles. The Labute approximate surface area is 160 Å². The summed E-state index contributed by atoms with van der Waals surface area (Å²) in [5.41, 5.74) is 4.55. The molecule has 3 aromatic rings. The highest BCUT2D eigenvalue weighted by atomic mass is 16.5. The van der Waals surface area contributed by atoms with Gasteiger partial charge >= 0.3 is 0 Å². The van der Waals surface area contributed by atoms with Crippen molar-refractivity contribution < 1.29 is 9.53 Å². The van der Waals surface area contributed by atoms with Crippen LogP contribution >= 0.6 is 0 Å². The number of hydrogen-bond acceptors (Lipinski definition) is 2. The summed E-state index contributed by atoms with van der Waals surface area (Å²) >= 11 is 0. The Hall–Kier alpha value is -3.01. The SMILES string of the molecule is CCCNC(=O)c1cc(-c2ccccc2)n(-c2ccccc2OCC)c1C. The maximum absolute atomic E-state index is 12.7. The molecular formula is C23H26N2O2. The van der Waals surface area contributed by atoms with Gasteiger partial charge in [-0.2, -0.15) is 0 Å². The summed E-state index contributed by atoms with van der Waals surface area (Å²) in [4.78, 5) is 12.7. The van der Waals surface area contributed by atoms with Crippen LogP contribution in [0.15, 0.2) is 60.7 Å². The van der Waals surface area contributed by atoms with Gasteiger partial charge in [0.2, 0.25) is 0 Å². The molecule has 1 amide bonds. The lowest BCUT2D eigenvalue weighted by Gasteiger charge is -2.16. The maximum atomic E-state index is 12.7. The van der Waals surface area contributed by atoms with Gasteiger partial charge in [0.1, 0.15) is 5.75 Å². The lowest BCUT2D eigenvalue weighted by molar-refractivity contribution is 0.0953. The minimum Gasteiger partial charge on any atom is -0.492 e. The van der Waals surface area contributed by atoms with Gasteiger partial charge in [0.05, 0.1) is 23.6 Å². The predicted octanol–water partition coefficient (Wildman–Crippen LogP) is 4.99. The number of amides is 1. The van der Waals surface area contributed by atoms with E-state index < -0.39 is 0 Å². The van der Waals surface area contributed by atoms with Crippen LogP contribution in [0.25, 0.3) is 16.9 Å². The van der Waals surface area contributed by atoms with Crippen LogP contribution in [0.1, 0.15) is 36.3 Å². The molecule has 4 nitrogen and oxygen atoms in total. The molecule has 0 fully saturated rings. The number of rotatable bonds is 7. The quantitative estimate of drug-likeness (QED) is 0.643. The van der Waals surface area contributed by atoms with Gasteiger partial charge in [0.15, 0.2) is 0 Å². The maximum Gasteiger partial charge on any atom is 0.253 e. The van der Waals surface area contributed by atoms with Crippen molar-refractivity contribution in [1.82, 2.24) is 9.88 Å². The molecule has 4 heteroatoms. The number of benzene rings is 2. The smallest absolute Gasteiger partial charge is 0.253 e. The fourth-order valence-electron chi connectivity index (χ4n) is 3.22. The van der Waals surface area contributed by atoms with Crippen molar-refractivity contribution in [3.05, 3.63) is 71.9 Å². The molecule has 0 atom stereocenters. The largest absolute Gasteiger partial charge is 0.492 e. The Morgan fingerprint density at radius 3 is 2.44 bits per heavy atom. The number of aromatic nitrogens is 1. The van der Waals surface area contributed by atoms with E-state index in [4.69, 9.17) is 4.74 Å². The van der Waals surface area contributed by atoms with Gasteiger partial charge in [-0.15, -0.1) is 0 Å². The molecule has 3 rings (SSSR count). The second kappa shape index (κ2) is 8.58. The Morgan fingerprint density at radius 1 is 1.04 bits per heavy atom. The molecule has 0 aliphatic carbocycles. The van der Waals surface area contributed by atoms with Crippen LogP contribution in [0.5, 0.6) is 5.75 Å². The number of carbonyl (C=O) groups is 1. The van der Waals surface area contributed by atoms with Gasteiger partial charge in [-0.25, -0.2) is 0 Å². The minimum absolute atomic E-state index is 0.0424. The van der Waals surface area contributed by atoms with Crippen molar-refractivity contribution in [1.29, 1.82) is 0 Å². The van der Waals surface area contributed by atoms with E-state index in [1.807, 2.05) is 69.3 Å². The highest BCUT2D eigenvalue weighted by Crippen LogP contribution is 2.33. The zero-order chi connectivity index (χ0) is 19.2. The summed E-state index contributed by atoms with van der Waals surface area (Å²) in [6, 6.07) is 20.0. The minimum atomic E-state index is -0.0424. The molecule has 1 N–H and O–H groups in total. The van der Waals surface area contributed by atoms with Crippen LogP contribution in [0, 0.1) is 6.92 Å². The molecule has 0 aliphatic rings. The zero-order valence-electron chi connectivity index (χ0n) is 16.2. The van der Waals surface area contributed by atoms with Gasteiger partial charge in [-0.05, 0) is 44.0 Å². The van der Waals surface area contributed by atoms with E-state index in [1.165, 1.54) is 0 Å². The van der Waals surface area contributed by atoms with Crippen LogP contribution in [-0.4, -0.2) is 23.6 Å². The number of carbonyl (C=O) groups excluding carboxylic acids is 1. The first-order chi connectivity index (χ1) is 13.2. The van der Waals surface area contributed by atoms with E-state index in [0.717, 1.165) is 34.8 Å². The Bertz CT molecular complexity index is 913. The molecule has 0 saturated heterocycles. The molecule has 0 radical (unpaired) electrons. The van der Waals surface area contributed by atoms with Crippen molar-refractivity contribution in [3.63, 3.8) is 0 Å². The Balaban J connectivity index is 2.20. The van der Waals surface area contributed by atoms with E-state index in [-0.39, 0.29) is 5.91 Å². The van der Waals surface area contributed by atoms with Crippen LogP contribution in [-0.2, 0) is 0 Å². The van der Waals surface area contributed by atoms with Gasteiger partial charge in [-0.3, -0.25) is 4.79 Å². The second-order valence-electron chi connectivity index (χ2n) is 6.39. The topological polar surface area (TPSA) is 43.3 Å². The molecule has 0 unspecified atom stereocenters. The average molecular weight is 362 g/mol. The number of nitrogens with zero attached hydrogens (tertiary/aromatic N) is 1. The second-order valence-corrected chi connectivity index (χ2v) is 6.39. The molecule has 140 valence electrons. The van der Waals surface area contributed by atoms with Gasteiger partial charge < -0.3 is 14.6 Å². The summed E-state index contributed by atoms with van der Waals surface area (Å²) in [7, 11) is 0. The molecule has 0 saturated carbocycles. The fourth-order valence-corrected chi connectivity index (χ4v) is 3.22. The first-order valence-corrected chi connectivity index (χ1v) is 9.45. The first-order valence-electron chi connectivity index (χ1n) is 9.45. The molecule has 0 spiro atoms. The van der Waals surface area contributed by atoms with Crippen molar-refractivity contribution in [2.45, 2.75) is 27.2 Å². The lowest BCUT2D eigenvalue weighted by Crippen LogP contribution is -2.24. The molecular weight excluding hydrogens is 336 g/mol. The summed E-state index contributed by atoms with van der Waals surface area (Å²) in [5, 5.41) is 2.99. The van der Waals surface area contributed by atoms with E-state index >= 15 is 0 Å². The van der Waals surface area contributed by atoms with Crippen LogP contribution < -0.4 is 10.1 Å². The third-order valence-corrected chi connectivity index (χ3v) is 4.50. The van der Waals surface area contributed by atoms with Crippen LogP contribution in [0.2, 0.25) is 0 Å². The third kappa shape index (κ3) is 3.90. The van der Waals surface area contributed by atoms with E-state index in [2.05, 4.69) is 22.0 Å². The number of ether oxygens (including phenoxy) is 1. The normalized spacial score (nSPS) is 10.6. The third-order valence-electron chi connectivity index (χ3n) is 4.50. The Kier molecular flexibility index (Phi) is 5.97. The van der Waals surface area contributed by atoms with Crippen LogP contribution in [0.3, 0.4) is 0 Å². The number of para-hydroxylation sites is 2. The number of nitrogens with one attached hydrogen (secondary N) is 1. The molecule has 1 heterocycles. The first kappa shape index (κ1) is 18.8. The van der Waals surface area contributed by atoms with Crippen molar-refractivity contribution >= 4 is 5.91 Å². The number of hydrogen-bond donors (Lipinski definition) is 1. The highest BCUT2D eigenvalue weighted by molar-refractivity contribution is 5.97. The van der Waals surface area contributed by atoms with Gasteiger partial charge in [0.25, 0.3) is 5.91 Å². The summed E-state index contributed by atoms with van der Waals surface area (Å²) in [6.07, 6.45) is 0.907. The van der Waals surface area contributed by atoms with Gasteiger partial charge in [0, 0.05) is 12.2 Å². The van der Waals surface area contributed by atoms with Crippen molar-refractivity contribution in [2.24, 2.45) is 0 Å². The van der Waals surface area contributed by atoms with Crippen molar-refractivity contribution in [3.8, 4) is 22.7 Å². The molecule has 0 bridgehead atoms.